The Bertz CT molecular complexity index is 323. The topological polar surface area (TPSA) is 51.4 Å². The van der Waals surface area contributed by atoms with Crippen molar-refractivity contribution < 1.29 is 4.74 Å². The molecule has 16 heavy (non-hydrogen) atoms. The maximum atomic E-state index is 5.71. The molecular formula is C11H19N3OS. The fraction of sp³-hybridized carbons (Fsp3) is 0.727. The van der Waals surface area contributed by atoms with Crippen molar-refractivity contribution in [2.24, 2.45) is 0 Å². The molecular weight excluding hydrogens is 222 g/mol. The van der Waals surface area contributed by atoms with E-state index in [4.69, 9.17) is 10.5 Å². The first kappa shape index (κ1) is 11.8. The number of likely N-dealkylation sites (N-methyl/N-ethyl adjacent to an activating group) is 1. The maximum absolute atomic E-state index is 5.71. The highest BCUT2D eigenvalue weighted by Crippen LogP contribution is 2.16. The lowest BCUT2D eigenvalue weighted by Gasteiger charge is -2.26. The molecule has 0 radical (unpaired) electrons. The molecule has 0 aliphatic carbocycles. The lowest BCUT2D eigenvalue weighted by atomic mass is 10.1. The molecule has 0 aromatic carbocycles. The summed E-state index contributed by atoms with van der Waals surface area (Å²) >= 11 is 1.50. The Hall–Kier alpha value is -0.650. The summed E-state index contributed by atoms with van der Waals surface area (Å²) in [6.07, 6.45) is 4.09. The molecule has 1 aromatic rings. The van der Waals surface area contributed by atoms with Gasteiger partial charge < -0.3 is 10.5 Å². The Labute approximate surface area is 100 Å². The Morgan fingerprint density at radius 1 is 1.62 bits per heavy atom. The van der Waals surface area contributed by atoms with E-state index in [0.717, 1.165) is 25.4 Å². The molecule has 1 atom stereocenters. The van der Waals surface area contributed by atoms with Gasteiger partial charge in [0.25, 0.3) is 0 Å². The smallest absolute Gasteiger partial charge is 0.180 e. The fourth-order valence-electron chi connectivity index (χ4n) is 2.04. The number of nitrogens with two attached hydrogens (primary N) is 1. The van der Waals surface area contributed by atoms with Gasteiger partial charge in [0.1, 0.15) is 0 Å². The minimum absolute atomic E-state index is 0.398. The number of rotatable bonds is 4. The highest BCUT2D eigenvalue weighted by atomic mass is 32.1. The first-order valence-corrected chi connectivity index (χ1v) is 6.62. The molecule has 1 aliphatic heterocycles. The van der Waals surface area contributed by atoms with Crippen LogP contribution in [0.1, 0.15) is 25.0 Å². The second-order valence-corrected chi connectivity index (χ2v) is 5.25. The Morgan fingerprint density at radius 3 is 3.12 bits per heavy atom. The first-order valence-electron chi connectivity index (χ1n) is 5.74. The van der Waals surface area contributed by atoms with Gasteiger partial charge in [-0.15, -0.1) is 11.3 Å². The zero-order valence-electron chi connectivity index (χ0n) is 9.69. The molecule has 4 nitrogen and oxygen atoms in total. The van der Waals surface area contributed by atoms with E-state index in [1.165, 1.54) is 30.6 Å². The average Bonchev–Trinajstić information content (AvgIpc) is 2.65. The number of ether oxygens (including phenoxy) is 1. The van der Waals surface area contributed by atoms with Gasteiger partial charge in [0.15, 0.2) is 5.13 Å². The minimum Gasteiger partial charge on any atom is -0.377 e. The van der Waals surface area contributed by atoms with Crippen LogP contribution in [-0.4, -0.2) is 36.2 Å². The molecule has 90 valence electrons. The van der Waals surface area contributed by atoms with Crippen molar-refractivity contribution in [2.75, 3.05) is 25.9 Å². The lowest BCUT2D eigenvalue weighted by molar-refractivity contribution is -0.00271. The first-order chi connectivity index (χ1) is 7.74. The molecule has 0 bridgehead atoms. The molecule has 1 unspecified atom stereocenters. The number of aromatic nitrogens is 1. The van der Waals surface area contributed by atoms with E-state index in [1.54, 1.807) is 0 Å². The number of hydrogen-bond acceptors (Lipinski definition) is 5. The molecule has 1 fully saturated rings. The highest BCUT2D eigenvalue weighted by molar-refractivity contribution is 7.13. The Morgan fingerprint density at radius 2 is 2.50 bits per heavy atom. The number of nitrogens with zero attached hydrogens (tertiary/aromatic N) is 2. The van der Waals surface area contributed by atoms with Crippen LogP contribution in [0.2, 0.25) is 0 Å². The van der Waals surface area contributed by atoms with E-state index >= 15 is 0 Å². The molecule has 1 aromatic heterocycles. The van der Waals surface area contributed by atoms with Crippen LogP contribution in [0.4, 0.5) is 5.13 Å². The number of thiazole rings is 1. The van der Waals surface area contributed by atoms with Crippen LogP contribution in [0.3, 0.4) is 0 Å². The molecule has 2 N–H and O–H groups in total. The average molecular weight is 241 g/mol. The molecule has 5 heteroatoms. The van der Waals surface area contributed by atoms with Gasteiger partial charge in [-0.05, 0) is 26.3 Å². The minimum atomic E-state index is 0.398. The quantitative estimate of drug-likeness (QED) is 0.872. The predicted octanol–water partition coefficient (Wildman–Crippen LogP) is 1.73. The second kappa shape index (κ2) is 5.61. The number of hydrogen-bond donors (Lipinski definition) is 1. The largest absolute Gasteiger partial charge is 0.377 e. The molecule has 1 saturated heterocycles. The molecule has 1 aliphatic rings. The monoisotopic (exact) mass is 241 g/mol. The van der Waals surface area contributed by atoms with Crippen LogP contribution < -0.4 is 5.73 Å². The van der Waals surface area contributed by atoms with Crippen molar-refractivity contribution in [3.05, 3.63) is 11.1 Å². The van der Waals surface area contributed by atoms with Crippen molar-refractivity contribution in [1.29, 1.82) is 0 Å². The van der Waals surface area contributed by atoms with Crippen molar-refractivity contribution in [3.8, 4) is 0 Å². The van der Waals surface area contributed by atoms with Crippen molar-refractivity contribution in [1.82, 2.24) is 9.88 Å². The normalized spacial score (nSPS) is 21.5. The van der Waals surface area contributed by atoms with Crippen LogP contribution in [0.15, 0.2) is 5.38 Å². The maximum Gasteiger partial charge on any atom is 0.180 e. The highest BCUT2D eigenvalue weighted by Gasteiger charge is 2.16. The summed E-state index contributed by atoms with van der Waals surface area (Å²) in [4.78, 5) is 6.51. The van der Waals surface area contributed by atoms with Crippen LogP contribution in [0.25, 0.3) is 0 Å². The van der Waals surface area contributed by atoms with Gasteiger partial charge in [-0.2, -0.15) is 0 Å². The van der Waals surface area contributed by atoms with E-state index in [2.05, 4.69) is 16.9 Å². The molecule has 2 heterocycles. The van der Waals surface area contributed by atoms with E-state index < -0.39 is 0 Å². The third-order valence-corrected chi connectivity index (χ3v) is 3.51. The number of anilines is 1. The van der Waals surface area contributed by atoms with Gasteiger partial charge in [-0.1, -0.05) is 0 Å². The van der Waals surface area contributed by atoms with E-state index in [9.17, 15) is 0 Å². The lowest BCUT2D eigenvalue weighted by Crippen LogP contribution is -2.33. The van der Waals surface area contributed by atoms with Gasteiger partial charge in [-0.3, -0.25) is 4.90 Å². The van der Waals surface area contributed by atoms with Crippen molar-refractivity contribution in [3.63, 3.8) is 0 Å². The van der Waals surface area contributed by atoms with Crippen LogP contribution in [0, 0.1) is 0 Å². The summed E-state index contributed by atoms with van der Waals surface area (Å²) in [5.74, 6) is 0. The summed E-state index contributed by atoms with van der Waals surface area (Å²) in [7, 11) is 2.10. The standard InChI is InChI=1S/C11H19N3OS/c1-14(6-9-8-16-11(12)13-9)7-10-4-2-3-5-15-10/h8,10H,2-7H2,1H3,(H2,12,13). The van der Waals surface area contributed by atoms with Gasteiger partial charge >= 0.3 is 0 Å². The van der Waals surface area contributed by atoms with E-state index in [1.807, 2.05) is 5.38 Å². The molecule has 0 amide bonds. The summed E-state index contributed by atoms with van der Waals surface area (Å²) in [6, 6.07) is 0. The zero-order chi connectivity index (χ0) is 11.4. The van der Waals surface area contributed by atoms with Crippen LogP contribution in [-0.2, 0) is 11.3 Å². The predicted molar refractivity (Wildman–Crippen MR) is 66.5 cm³/mol. The fourth-order valence-corrected chi connectivity index (χ4v) is 2.59. The second-order valence-electron chi connectivity index (χ2n) is 4.36. The van der Waals surface area contributed by atoms with E-state index in [-0.39, 0.29) is 0 Å². The van der Waals surface area contributed by atoms with Crippen molar-refractivity contribution in [2.45, 2.75) is 31.9 Å². The van der Waals surface area contributed by atoms with Gasteiger partial charge in [0.2, 0.25) is 0 Å². The van der Waals surface area contributed by atoms with Gasteiger partial charge in [0.05, 0.1) is 11.8 Å². The van der Waals surface area contributed by atoms with Crippen LogP contribution in [0.5, 0.6) is 0 Å². The Balaban J connectivity index is 1.77. The van der Waals surface area contributed by atoms with E-state index in [0.29, 0.717) is 11.2 Å². The molecule has 2 rings (SSSR count). The summed E-state index contributed by atoms with van der Waals surface area (Å²) in [5, 5.41) is 2.67. The molecule has 0 saturated carbocycles. The third-order valence-electron chi connectivity index (χ3n) is 2.79. The third kappa shape index (κ3) is 3.43. The van der Waals surface area contributed by atoms with Gasteiger partial charge in [-0.25, -0.2) is 4.98 Å². The van der Waals surface area contributed by atoms with Gasteiger partial charge in [0, 0.05) is 25.1 Å². The SMILES string of the molecule is CN(Cc1csc(N)n1)CC1CCCCO1. The van der Waals surface area contributed by atoms with Crippen LogP contribution >= 0.6 is 11.3 Å². The molecule has 0 spiro atoms. The summed E-state index contributed by atoms with van der Waals surface area (Å²) in [6.45, 7) is 2.76. The number of nitrogen functional groups attached to an aromatic ring is 1. The van der Waals surface area contributed by atoms with Crippen molar-refractivity contribution >= 4 is 16.5 Å². The summed E-state index contributed by atoms with van der Waals surface area (Å²) in [5.41, 5.74) is 6.66. The zero-order valence-corrected chi connectivity index (χ0v) is 10.5. The Kier molecular flexibility index (Phi) is 4.15. The summed E-state index contributed by atoms with van der Waals surface area (Å²) < 4.78 is 5.71.